The van der Waals surface area contributed by atoms with Crippen molar-refractivity contribution in [1.82, 2.24) is 0 Å². The highest BCUT2D eigenvalue weighted by Crippen LogP contribution is 2.36. The van der Waals surface area contributed by atoms with Crippen molar-refractivity contribution in [2.24, 2.45) is 5.92 Å². The maximum atomic E-state index is 12.3. The Kier molecular flexibility index (Phi) is 31.8. The zero-order valence-electron chi connectivity index (χ0n) is 30.9. The zero-order valence-corrected chi connectivity index (χ0v) is 31.7. The average molecular weight is 713 g/mol. The van der Waals surface area contributed by atoms with Gasteiger partial charge in [-0.05, 0) is 50.9 Å². The van der Waals surface area contributed by atoms with Crippen LogP contribution in [0.15, 0.2) is 48.6 Å². The Labute approximate surface area is 297 Å². The molecule has 0 heterocycles. The quantitative estimate of drug-likeness (QED) is 0.0199. The second-order valence-electron chi connectivity index (χ2n) is 13.2. The summed E-state index contributed by atoms with van der Waals surface area (Å²) in [7, 11) is -4.78. The molecule has 0 amide bonds. The first kappa shape index (κ1) is 47.0. The first-order valence-corrected chi connectivity index (χ1v) is 20.4. The van der Waals surface area contributed by atoms with E-state index in [-0.39, 0.29) is 19.4 Å². The van der Waals surface area contributed by atoms with E-state index in [1.807, 2.05) is 36.5 Å². The highest BCUT2D eigenvalue weighted by atomic mass is 31.2. The smallest absolute Gasteiger partial charge is 0.462 e. The van der Waals surface area contributed by atoms with Crippen molar-refractivity contribution in [2.75, 3.05) is 13.2 Å². The van der Waals surface area contributed by atoms with Gasteiger partial charge in [0, 0.05) is 12.8 Å². The maximum absolute atomic E-state index is 12.3. The van der Waals surface area contributed by atoms with Crippen molar-refractivity contribution in [3.8, 4) is 0 Å². The van der Waals surface area contributed by atoms with E-state index in [9.17, 15) is 19.3 Å². The van der Waals surface area contributed by atoms with Crippen molar-refractivity contribution in [2.45, 2.75) is 168 Å². The van der Waals surface area contributed by atoms with E-state index in [4.69, 9.17) is 19.3 Å². The predicted octanol–water partition coefficient (Wildman–Crippen LogP) is 10.0. The van der Waals surface area contributed by atoms with Crippen molar-refractivity contribution in [3.63, 3.8) is 0 Å². The summed E-state index contributed by atoms with van der Waals surface area (Å²) in [5.74, 6) is -0.202. The first-order valence-electron chi connectivity index (χ1n) is 18.9. The Hall–Kier alpha value is -2.03. The van der Waals surface area contributed by atoms with E-state index in [0.717, 1.165) is 31.6 Å². The van der Waals surface area contributed by atoms with Crippen LogP contribution in [0, 0.1) is 5.92 Å². The van der Waals surface area contributed by atoms with Crippen LogP contribution < -0.4 is 0 Å². The number of unbranched alkanes of at least 4 members (excludes halogenated alkanes) is 13. The van der Waals surface area contributed by atoms with Crippen molar-refractivity contribution < 1.29 is 43.0 Å². The summed E-state index contributed by atoms with van der Waals surface area (Å²) in [6, 6.07) is 0. The number of aliphatic hydroxyl groups is 1. The van der Waals surface area contributed by atoms with E-state index in [2.05, 4.69) is 31.4 Å². The van der Waals surface area contributed by atoms with Crippen molar-refractivity contribution in [3.05, 3.63) is 48.6 Å². The van der Waals surface area contributed by atoms with Gasteiger partial charge in [-0.3, -0.25) is 14.1 Å². The molecule has 0 aromatic rings. The molecule has 0 rings (SSSR count). The Balaban J connectivity index is 4.15. The van der Waals surface area contributed by atoms with Gasteiger partial charge in [-0.15, -0.1) is 0 Å². The maximum Gasteiger partial charge on any atom is 0.469 e. The van der Waals surface area contributed by atoms with E-state index in [1.165, 1.54) is 64.2 Å². The van der Waals surface area contributed by atoms with Crippen LogP contribution in [0.4, 0.5) is 0 Å². The van der Waals surface area contributed by atoms with Gasteiger partial charge in [0.25, 0.3) is 0 Å². The molecule has 284 valence electrons. The van der Waals surface area contributed by atoms with Gasteiger partial charge in [-0.25, -0.2) is 4.57 Å². The molecular formula is C39H69O9P. The minimum Gasteiger partial charge on any atom is -0.462 e. The number of esters is 2. The fourth-order valence-corrected chi connectivity index (χ4v) is 5.34. The number of ether oxygens (including phenoxy) is 2. The third kappa shape index (κ3) is 37.1. The van der Waals surface area contributed by atoms with Crippen LogP contribution >= 0.6 is 7.82 Å². The summed E-state index contributed by atoms with van der Waals surface area (Å²) in [4.78, 5) is 42.7. The Morgan fingerprint density at radius 3 is 1.96 bits per heavy atom. The number of phosphoric acid groups is 1. The molecule has 0 aromatic carbocycles. The van der Waals surface area contributed by atoms with Crippen molar-refractivity contribution >= 4 is 19.8 Å². The summed E-state index contributed by atoms with van der Waals surface area (Å²) < 4.78 is 26.2. The average Bonchev–Trinajstić information content (AvgIpc) is 3.04. The fourth-order valence-electron chi connectivity index (χ4n) is 4.98. The molecule has 0 saturated heterocycles. The zero-order chi connectivity index (χ0) is 36.4. The van der Waals surface area contributed by atoms with Crippen LogP contribution in [0.25, 0.3) is 0 Å². The van der Waals surface area contributed by atoms with Gasteiger partial charge in [-0.2, -0.15) is 0 Å². The Morgan fingerprint density at radius 2 is 1.31 bits per heavy atom. The molecule has 9 nitrogen and oxygen atoms in total. The minimum atomic E-state index is -4.78. The van der Waals surface area contributed by atoms with E-state index < -0.39 is 38.6 Å². The van der Waals surface area contributed by atoms with Crippen LogP contribution in [-0.2, 0) is 28.2 Å². The summed E-state index contributed by atoms with van der Waals surface area (Å²) in [6.45, 7) is 5.82. The highest BCUT2D eigenvalue weighted by Gasteiger charge is 2.22. The molecule has 0 bridgehead atoms. The number of carbonyl (C=O) groups is 2. The summed E-state index contributed by atoms with van der Waals surface area (Å²) >= 11 is 0. The number of phosphoric ester groups is 1. The number of hydrogen-bond acceptors (Lipinski definition) is 7. The summed E-state index contributed by atoms with van der Waals surface area (Å²) in [6.07, 6.45) is 34.4. The second kappa shape index (κ2) is 33.1. The molecule has 0 aliphatic carbocycles. The summed E-state index contributed by atoms with van der Waals surface area (Å²) in [5, 5.41) is 10.0. The molecule has 0 fully saturated rings. The van der Waals surface area contributed by atoms with Gasteiger partial charge in [-0.1, -0.05) is 146 Å². The van der Waals surface area contributed by atoms with Crippen LogP contribution in [0.3, 0.4) is 0 Å². The fraction of sp³-hybridized carbons (Fsp3) is 0.744. The number of aliphatic hydroxyl groups excluding tert-OH is 1. The van der Waals surface area contributed by atoms with Gasteiger partial charge >= 0.3 is 19.8 Å². The van der Waals surface area contributed by atoms with Gasteiger partial charge in [0.05, 0.1) is 12.7 Å². The second-order valence-corrected chi connectivity index (χ2v) is 14.5. The molecule has 0 aliphatic heterocycles. The van der Waals surface area contributed by atoms with Gasteiger partial charge in [0.1, 0.15) is 6.61 Å². The van der Waals surface area contributed by atoms with Crippen LogP contribution in [0.2, 0.25) is 0 Å². The summed E-state index contributed by atoms with van der Waals surface area (Å²) in [5.41, 5.74) is 0. The van der Waals surface area contributed by atoms with E-state index in [0.29, 0.717) is 32.1 Å². The monoisotopic (exact) mass is 712 g/mol. The predicted molar refractivity (Wildman–Crippen MR) is 199 cm³/mol. The molecule has 0 saturated carbocycles. The van der Waals surface area contributed by atoms with Crippen LogP contribution in [-0.4, -0.2) is 52.3 Å². The topological polar surface area (TPSA) is 140 Å². The molecule has 0 unspecified atom stereocenters. The SMILES string of the molecule is CCCCC/C=C\C=C/[C@H](O)C/C=C\C/C=C/CCCC(=O)O[C@H](COC(=O)CCCCCCCCCCCCC(C)C)COP(=O)(O)O. The number of hydrogen-bond donors (Lipinski definition) is 3. The Morgan fingerprint density at radius 1 is 0.694 bits per heavy atom. The van der Waals surface area contributed by atoms with Crippen molar-refractivity contribution in [1.29, 1.82) is 0 Å². The molecule has 10 heteroatoms. The minimum absolute atomic E-state index is 0.101. The largest absolute Gasteiger partial charge is 0.469 e. The lowest BCUT2D eigenvalue weighted by atomic mass is 10.0. The van der Waals surface area contributed by atoms with Gasteiger partial charge in [0.15, 0.2) is 6.10 Å². The normalized spacial score (nSPS) is 13.8. The standard InChI is InChI=1S/C39H69O9P/c1-4-5-6-7-13-19-24-29-36(40)30-25-20-15-12-17-22-27-32-39(42)48-37(34-47-49(43,44)45)33-46-38(41)31-26-21-16-11-9-8-10-14-18-23-28-35(2)3/h12-13,17,19-20,24-25,29,35-37,40H,4-11,14-16,18,21-23,26-28,30-34H2,1-3H3,(H2,43,44,45)/b17-12+,19-13-,25-20-,29-24-/t36-,37+/m0/s1. The molecule has 0 aromatic heterocycles. The van der Waals surface area contributed by atoms with Crippen LogP contribution in [0.5, 0.6) is 0 Å². The number of allylic oxidation sites excluding steroid dienone is 6. The molecule has 49 heavy (non-hydrogen) atoms. The molecule has 0 spiro atoms. The van der Waals surface area contributed by atoms with Gasteiger partial charge < -0.3 is 24.4 Å². The van der Waals surface area contributed by atoms with E-state index in [1.54, 1.807) is 6.08 Å². The molecule has 2 atom stereocenters. The van der Waals surface area contributed by atoms with Crippen LogP contribution in [0.1, 0.15) is 156 Å². The lowest BCUT2D eigenvalue weighted by molar-refractivity contribution is -0.161. The third-order valence-electron chi connectivity index (χ3n) is 7.86. The number of rotatable bonds is 33. The molecule has 0 radical (unpaired) electrons. The first-order chi connectivity index (χ1) is 23.5. The Bertz CT molecular complexity index is 968. The molecule has 0 aliphatic rings. The molecule has 3 N–H and O–H groups in total. The highest BCUT2D eigenvalue weighted by molar-refractivity contribution is 7.46. The van der Waals surface area contributed by atoms with Gasteiger partial charge in [0.2, 0.25) is 0 Å². The lowest BCUT2D eigenvalue weighted by Gasteiger charge is -2.18. The van der Waals surface area contributed by atoms with E-state index >= 15 is 0 Å². The third-order valence-corrected chi connectivity index (χ3v) is 8.34. The lowest BCUT2D eigenvalue weighted by Crippen LogP contribution is -2.29. The molecular weight excluding hydrogens is 643 g/mol. The number of carbonyl (C=O) groups excluding carboxylic acids is 2.